The maximum absolute atomic E-state index is 12.3. The molecule has 0 radical (unpaired) electrons. The first-order chi connectivity index (χ1) is 12.0. The first-order valence-corrected chi connectivity index (χ1v) is 8.19. The number of rotatable bonds is 4. The molecule has 1 aromatic heterocycles. The van der Waals surface area contributed by atoms with Crippen LogP contribution < -0.4 is 10.6 Å². The molecule has 7 heteroatoms. The summed E-state index contributed by atoms with van der Waals surface area (Å²) >= 11 is 12.0. The third kappa shape index (κ3) is 4.26. The first-order valence-electron chi connectivity index (χ1n) is 7.44. The largest absolute Gasteiger partial charge is 0.338 e. The second-order valence-electron chi connectivity index (χ2n) is 5.31. The van der Waals surface area contributed by atoms with E-state index in [1.807, 2.05) is 25.1 Å². The Balaban J connectivity index is 1.71. The van der Waals surface area contributed by atoms with Gasteiger partial charge in [0, 0.05) is 10.7 Å². The quantitative estimate of drug-likeness (QED) is 0.669. The van der Waals surface area contributed by atoms with Gasteiger partial charge >= 0.3 is 0 Å². The summed E-state index contributed by atoms with van der Waals surface area (Å²) in [5, 5.41) is 7.03. The summed E-state index contributed by atoms with van der Waals surface area (Å²) < 4.78 is 0. The standard InChI is InChI=1S/C18H14Cl2N4O/c1-11-8-12(19)6-7-14(11)24-18(25)16-9-22-17(10-21-16)23-15-5-3-2-4-13(15)20/h2-10H,1H3,(H,22,23)(H,24,25). The molecule has 0 aliphatic carbocycles. The highest BCUT2D eigenvalue weighted by Crippen LogP contribution is 2.23. The second-order valence-corrected chi connectivity index (χ2v) is 6.15. The van der Waals surface area contributed by atoms with Crippen molar-refractivity contribution in [2.75, 3.05) is 10.6 Å². The zero-order valence-electron chi connectivity index (χ0n) is 13.3. The number of hydrogen-bond acceptors (Lipinski definition) is 4. The van der Waals surface area contributed by atoms with Gasteiger partial charge in [-0.25, -0.2) is 9.97 Å². The van der Waals surface area contributed by atoms with Crippen molar-refractivity contribution in [1.82, 2.24) is 9.97 Å². The van der Waals surface area contributed by atoms with Crippen LogP contribution in [0.15, 0.2) is 54.9 Å². The lowest BCUT2D eigenvalue weighted by Crippen LogP contribution is -2.15. The van der Waals surface area contributed by atoms with Crippen LogP contribution in [0.4, 0.5) is 17.2 Å². The van der Waals surface area contributed by atoms with E-state index in [0.717, 1.165) is 5.56 Å². The number of halogens is 2. The normalized spacial score (nSPS) is 10.4. The molecule has 5 nitrogen and oxygen atoms in total. The number of nitrogens with zero attached hydrogens (tertiary/aromatic N) is 2. The van der Waals surface area contributed by atoms with Gasteiger partial charge in [0.15, 0.2) is 0 Å². The van der Waals surface area contributed by atoms with E-state index in [-0.39, 0.29) is 11.6 Å². The molecule has 0 unspecified atom stereocenters. The van der Waals surface area contributed by atoms with Crippen molar-refractivity contribution >= 4 is 46.3 Å². The molecule has 3 rings (SSSR count). The van der Waals surface area contributed by atoms with Crippen LogP contribution in [-0.2, 0) is 0 Å². The van der Waals surface area contributed by atoms with E-state index in [9.17, 15) is 4.79 Å². The van der Waals surface area contributed by atoms with Crippen molar-refractivity contribution < 1.29 is 4.79 Å². The monoisotopic (exact) mass is 372 g/mol. The van der Waals surface area contributed by atoms with Gasteiger partial charge in [-0.05, 0) is 42.8 Å². The van der Waals surface area contributed by atoms with E-state index >= 15 is 0 Å². The van der Waals surface area contributed by atoms with Crippen LogP contribution >= 0.6 is 23.2 Å². The smallest absolute Gasteiger partial charge is 0.275 e. The molecule has 126 valence electrons. The molecule has 2 aromatic carbocycles. The van der Waals surface area contributed by atoms with Crippen molar-refractivity contribution in [3.63, 3.8) is 0 Å². The molecule has 0 bridgehead atoms. The molecule has 2 N–H and O–H groups in total. The van der Waals surface area contributed by atoms with Gasteiger partial charge in [0.1, 0.15) is 11.5 Å². The van der Waals surface area contributed by atoms with Crippen LogP contribution in [0.2, 0.25) is 10.0 Å². The molecule has 0 saturated carbocycles. The third-order valence-corrected chi connectivity index (χ3v) is 4.02. The number of carbonyl (C=O) groups excluding carboxylic acids is 1. The summed E-state index contributed by atoms with van der Waals surface area (Å²) in [4.78, 5) is 20.6. The summed E-state index contributed by atoms with van der Waals surface area (Å²) in [5.74, 6) is 0.148. The lowest BCUT2D eigenvalue weighted by Gasteiger charge is -2.09. The Morgan fingerprint density at radius 1 is 1.00 bits per heavy atom. The van der Waals surface area contributed by atoms with Crippen molar-refractivity contribution in [3.8, 4) is 0 Å². The van der Waals surface area contributed by atoms with E-state index in [1.165, 1.54) is 12.4 Å². The molecule has 3 aromatic rings. The zero-order valence-corrected chi connectivity index (χ0v) is 14.8. The predicted molar refractivity (Wildman–Crippen MR) is 101 cm³/mol. The number of amides is 1. The van der Waals surface area contributed by atoms with Crippen LogP contribution in [0.3, 0.4) is 0 Å². The fourth-order valence-electron chi connectivity index (χ4n) is 2.16. The Morgan fingerprint density at radius 3 is 2.48 bits per heavy atom. The number of aromatic nitrogens is 2. The van der Waals surface area contributed by atoms with Crippen LogP contribution in [0, 0.1) is 6.92 Å². The molecule has 0 atom stereocenters. The lowest BCUT2D eigenvalue weighted by molar-refractivity contribution is 0.102. The average Bonchev–Trinajstić information content (AvgIpc) is 2.60. The minimum Gasteiger partial charge on any atom is -0.338 e. The van der Waals surface area contributed by atoms with Gasteiger partial charge in [0.25, 0.3) is 5.91 Å². The van der Waals surface area contributed by atoms with Gasteiger partial charge in [-0.1, -0.05) is 35.3 Å². The number of hydrogen-bond donors (Lipinski definition) is 2. The van der Waals surface area contributed by atoms with Crippen LogP contribution in [0.5, 0.6) is 0 Å². The van der Waals surface area contributed by atoms with Crippen LogP contribution in [-0.4, -0.2) is 15.9 Å². The molecule has 0 spiro atoms. The summed E-state index contributed by atoms with van der Waals surface area (Å²) in [7, 11) is 0. The highest BCUT2D eigenvalue weighted by atomic mass is 35.5. The molecular weight excluding hydrogens is 359 g/mol. The summed E-state index contributed by atoms with van der Waals surface area (Å²) in [6.07, 6.45) is 2.88. The summed E-state index contributed by atoms with van der Waals surface area (Å²) in [6.45, 7) is 1.86. The van der Waals surface area contributed by atoms with E-state index in [4.69, 9.17) is 23.2 Å². The Bertz CT molecular complexity index is 913. The molecule has 0 aliphatic heterocycles. The third-order valence-electron chi connectivity index (χ3n) is 3.46. The van der Waals surface area contributed by atoms with Crippen LogP contribution in [0.25, 0.3) is 0 Å². The number of nitrogens with one attached hydrogen (secondary N) is 2. The molecular formula is C18H14Cl2N4O. The van der Waals surface area contributed by atoms with E-state index in [2.05, 4.69) is 20.6 Å². The molecule has 1 amide bonds. The van der Waals surface area contributed by atoms with Crippen molar-refractivity contribution in [2.24, 2.45) is 0 Å². The van der Waals surface area contributed by atoms with Gasteiger partial charge in [-0.2, -0.15) is 0 Å². The molecule has 1 heterocycles. The number of aryl methyl sites for hydroxylation is 1. The van der Waals surface area contributed by atoms with Crippen molar-refractivity contribution in [1.29, 1.82) is 0 Å². The average molecular weight is 373 g/mol. The second kappa shape index (κ2) is 7.51. The first kappa shape index (κ1) is 17.2. The predicted octanol–water partition coefficient (Wildman–Crippen LogP) is 5.09. The Hall–Kier alpha value is -2.63. The highest BCUT2D eigenvalue weighted by molar-refractivity contribution is 6.33. The van der Waals surface area contributed by atoms with E-state index in [0.29, 0.717) is 27.2 Å². The lowest BCUT2D eigenvalue weighted by atomic mass is 10.2. The molecule has 0 saturated heterocycles. The van der Waals surface area contributed by atoms with E-state index < -0.39 is 0 Å². The van der Waals surface area contributed by atoms with Gasteiger partial charge in [0.05, 0.1) is 23.1 Å². The highest BCUT2D eigenvalue weighted by Gasteiger charge is 2.10. The molecule has 0 fully saturated rings. The van der Waals surface area contributed by atoms with Gasteiger partial charge in [-0.15, -0.1) is 0 Å². The molecule has 0 aliphatic rings. The SMILES string of the molecule is Cc1cc(Cl)ccc1NC(=O)c1cnc(Nc2ccccc2Cl)cn1. The maximum Gasteiger partial charge on any atom is 0.275 e. The number of para-hydroxylation sites is 1. The maximum atomic E-state index is 12.3. The number of carbonyl (C=O) groups is 1. The summed E-state index contributed by atoms with van der Waals surface area (Å²) in [5.41, 5.74) is 2.46. The minimum atomic E-state index is -0.345. The molecule has 25 heavy (non-hydrogen) atoms. The fourth-order valence-corrected chi connectivity index (χ4v) is 2.57. The fraction of sp³-hybridized carbons (Fsp3) is 0.0556. The van der Waals surface area contributed by atoms with Gasteiger partial charge in [-0.3, -0.25) is 4.79 Å². The van der Waals surface area contributed by atoms with Gasteiger partial charge in [0.2, 0.25) is 0 Å². The van der Waals surface area contributed by atoms with E-state index in [1.54, 1.807) is 24.3 Å². The summed E-state index contributed by atoms with van der Waals surface area (Å²) in [6, 6.07) is 12.5. The minimum absolute atomic E-state index is 0.207. The van der Waals surface area contributed by atoms with Crippen molar-refractivity contribution in [2.45, 2.75) is 6.92 Å². The number of benzene rings is 2. The van der Waals surface area contributed by atoms with Crippen LogP contribution in [0.1, 0.15) is 16.1 Å². The van der Waals surface area contributed by atoms with Crippen molar-refractivity contribution in [3.05, 3.63) is 76.2 Å². The topological polar surface area (TPSA) is 66.9 Å². The Morgan fingerprint density at radius 2 is 1.80 bits per heavy atom. The Labute approximate surface area is 155 Å². The Kier molecular flexibility index (Phi) is 5.16. The zero-order chi connectivity index (χ0) is 17.8. The number of anilines is 3. The van der Waals surface area contributed by atoms with Gasteiger partial charge < -0.3 is 10.6 Å².